The summed E-state index contributed by atoms with van der Waals surface area (Å²) in [6.45, 7) is 1.32. The van der Waals surface area contributed by atoms with Crippen molar-refractivity contribution >= 4 is 17.9 Å². The Kier molecular flexibility index (Phi) is 4.66. The molecule has 1 heterocycles. The molecule has 0 amide bonds. The van der Waals surface area contributed by atoms with E-state index in [-0.39, 0.29) is 12.4 Å². The van der Waals surface area contributed by atoms with Gasteiger partial charge in [0.2, 0.25) is 0 Å². The summed E-state index contributed by atoms with van der Waals surface area (Å²) in [6, 6.07) is 9.80. The van der Waals surface area contributed by atoms with Crippen molar-refractivity contribution in [1.29, 1.82) is 0 Å². The lowest BCUT2D eigenvalue weighted by atomic mass is 9.78. The van der Waals surface area contributed by atoms with Gasteiger partial charge in [-0.25, -0.2) is 0 Å². The van der Waals surface area contributed by atoms with Gasteiger partial charge in [-0.2, -0.15) is 0 Å². The van der Waals surface area contributed by atoms with Crippen molar-refractivity contribution in [1.82, 2.24) is 0 Å². The first-order valence-corrected chi connectivity index (χ1v) is 9.65. The zero-order valence-corrected chi connectivity index (χ0v) is 15.4. The fourth-order valence-electron chi connectivity index (χ4n) is 4.76. The molecule has 4 rings (SSSR count). The molecule has 6 nitrogen and oxygen atoms in total. The molecule has 2 aliphatic carbocycles. The van der Waals surface area contributed by atoms with Gasteiger partial charge in [-0.1, -0.05) is 30.3 Å². The molecule has 1 saturated heterocycles. The maximum Gasteiger partial charge on any atom is 0.310 e. The molecule has 0 radical (unpaired) electrons. The Balaban J connectivity index is 1.56. The molecule has 2 bridgehead atoms. The Bertz CT molecular complexity index is 736. The molecule has 4 atom stereocenters. The molecule has 1 aromatic rings. The van der Waals surface area contributed by atoms with E-state index in [0.29, 0.717) is 6.42 Å². The second-order valence-corrected chi connectivity index (χ2v) is 7.80. The molecule has 3 fully saturated rings. The molecule has 0 aromatic heterocycles. The monoisotopic (exact) mass is 372 g/mol. The van der Waals surface area contributed by atoms with Crippen LogP contribution in [-0.2, 0) is 34.2 Å². The number of esters is 3. The molecule has 27 heavy (non-hydrogen) atoms. The number of carbonyl (C=O) groups is 3. The van der Waals surface area contributed by atoms with Crippen molar-refractivity contribution in [3.05, 3.63) is 35.9 Å². The number of fused-ring (bicyclic) bond motifs is 2. The van der Waals surface area contributed by atoms with Crippen molar-refractivity contribution in [2.24, 2.45) is 11.8 Å². The minimum atomic E-state index is -0.637. The lowest BCUT2D eigenvalue weighted by Crippen LogP contribution is -2.42. The minimum Gasteiger partial charge on any atom is -0.459 e. The summed E-state index contributed by atoms with van der Waals surface area (Å²) < 4.78 is 16.7. The molecule has 4 unspecified atom stereocenters. The Hall–Kier alpha value is -2.37. The molecule has 1 aromatic carbocycles. The van der Waals surface area contributed by atoms with Gasteiger partial charge in [-0.05, 0) is 31.2 Å². The van der Waals surface area contributed by atoms with Crippen LogP contribution in [0.25, 0.3) is 0 Å². The molecule has 3 aliphatic rings. The van der Waals surface area contributed by atoms with E-state index in [1.165, 1.54) is 6.92 Å². The summed E-state index contributed by atoms with van der Waals surface area (Å²) in [4.78, 5) is 36.7. The van der Waals surface area contributed by atoms with E-state index in [2.05, 4.69) is 0 Å². The molecular formula is C21H24O6. The summed E-state index contributed by atoms with van der Waals surface area (Å²) in [6.07, 6.45) is 3.18. The van der Waals surface area contributed by atoms with Crippen LogP contribution in [0.1, 0.15) is 51.0 Å². The Morgan fingerprint density at radius 2 is 1.81 bits per heavy atom. The molecule has 144 valence electrons. The van der Waals surface area contributed by atoms with Gasteiger partial charge < -0.3 is 14.2 Å². The third-order valence-electron chi connectivity index (χ3n) is 6.07. The van der Waals surface area contributed by atoms with Crippen molar-refractivity contribution < 1.29 is 28.6 Å². The quantitative estimate of drug-likeness (QED) is 0.597. The molecule has 6 heteroatoms. The fraction of sp³-hybridized carbons (Fsp3) is 0.571. The molecule has 2 saturated carbocycles. The molecular weight excluding hydrogens is 348 g/mol. The van der Waals surface area contributed by atoms with E-state index in [0.717, 1.165) is 31.2 Å². The second kappa shape index (κ2) is 6.98. The van der Waals surface area contributed by atoms with E-state index in [4.69, 9.17) is 14.2 Å². The van der Waals surface area contributed by atoms with Gasteiger partial charge in [0.1, 0.15) is 17.8 Å². The Labute approximate surface area is 158 Å². The minimum absolute atomic E-state index is 0.268. The third kappa shape index (κ3) is 3.33. The number of carbonyl (C=O) groups excluding carboxylic acids is 3. The van der Waals surface area contributed by atoms with Crippen molar-refractivity contribution in [2.75, 3.05) is 0 Å². The highest BCUT2D eigenvalue weighted by Gasteiger charge is 2.54. The molecule has 1 aliphatic heterocycles. The zero-order valence-electron chi connectivity index (χ0n) is 15.4. The number of rotatable bonds is 4. The van der Waals surface area contributed by atoms with Crippen LogP contribution in [-0.4, -0.2) is 30.1 Å². The number of hydrogen-bond acceptors (Lipinski definition) is 6. The van der Waals surface area contributed by atoms with E-state index in [1.807, 2.05) is 30.3 Å². The Morgan fingerprint density at radius 3 is 2.48 bits per heavy atom. The van der Waals surface area contributed by atoms with Gasteiger partial charge >= 0.3 is 17.9 Å². The highest BCUT2D eigenvalue weighted by Crippen LogP contribution is 2.46. The fourth-order valence-corrected chi connectivity index (χ4v) is 4.76. The largest absolute Gasteiger partial charge is 0.459 e. The van der Waals surface area contributed by atoms with Crippen LogP contribution in [0.4, 0.5) is 0 Å². The summed E-state index contributed by atoms with van der Waals surface area (Å²) in [5, 5.41) is 0. The van der Waals surface area contributed by atoms with Gasteiger partial charge in [0.25, 0.3) is 0 Å². The van der Waals surface area contributed by atoms with Gasteiger partial charge in [0.05, 0.1) is 11.8 Å². The maximum atomic E-state index is 13.1. The van der Waals surface area contributed by atoms with Crippen LogP contribution in [0, 0.1) is 11.8 Å². The maximum absolute atomic E-state index is 13.1. The topological polar surface area (TPSA) is 78.9 Å². The van der Waals surface area contributed by atoms with Crippen LogP contribution in [0.3, 0.4) is 0 Å². The first-order chi connectivity index (χ1) is 13.0. The smallest absolute Gasteiger partial charge is 0.310 e. The first kappa shape index (κ1) is 18.0. The van der Waals surface area contributed by atoms with Crippen molar-refractivity contribution in [2.45, 2.75) is 63.3 Å². The summed E-state index contributed by atoms with van der Waals surface area (Å²) in [7, 11) is 0. The number of hydrogen-bond donors (Lipinski definition) is 0. The second-order valence-electron chi connectivity index (χ2n) is 7.80. The molecule has 0 spiro atoms. The lowest BCUT2D eigenvalue weighted by Gasteiger charge is -2.34. The van der Waals surface area contributed by atoms with Gasteiger partial charge in [-0.3, -0.25) is 14.4 Å². The normalized spacial score (nSPS) is 31.2. The average molecular weight is 372 g/mol. The van der Waals surface area contributed by atoms with E-state index in [9.17, 15) is 14.4 Å². The van der Waals surface area contributed by atoms with Crippen LogP contribution in [0.2, 0.25) is 0 Å². The van der Waals surface area contributed by atoms with Crippen LogP contribution >= 0.6 is 0 Å². The molecule has 0 N–H and O–H groups in total. The van der Waals surface area contributed by atoms with Crippen LogP contribution < -0.4 is 0 Å². The predicted molar refractivity (Wildman–Crippen MR) is 94.3 cm³/mol. The SMILES string of the molecule is CC(=O)OC1CC(C(=O)OC2(c3ccccc3)CCCC2)C2CC1OC2=O. The summed E-state index contributed by atoms with van der Waals surface area (Å²) in [5.41, 5.74) is 0.365. The van der Waals surface area contributed by atoms with E-state index >= 15 is 0 Å². The van der Waals surface area contributed by atoms with E-state index < -0.39 is 41.6 Å². The van der Waals surface area contributed by atoms with Gasteiger partial charge in [0.15, 0.2) is 0 Å². The standard InChI is InChI=1S/C21H24O6/c1-13(22)25-17-12-16(15-11-18(17)26-19(15)23)20(24)27-21(9-5-6-10-21)14-7-3-2-4-8-14/h2-4,7-8,15-18H,5-6,9-12H2,1H3. The Morgan fingerprint density at radius 1 is 1.11 bits per heavy atom. The van der Waals surface area contributed by atoms with E-state index in [1.54, 1.807) is 0 Å². The first-order valence-electron chi connectivity index (χ1n) is 9.65. The van der Waals surface area contributed by atoms with Gasteiger partial charge in [0, 0.05) is 19.8 Å². The van der Waals surface area contributed by atoms with Crippen molar-refractivity contribution in [3.8, 4) is 0 Å². The predicted octanol–water partition coefficient (Wildman–Crippen LogP) is 2.88. The number of benzene rings is 1. The lowest BCUT2D eigenvalue weighted by molar-refractivity contribution is -0.173. The van der Waals surface area contributed by atoms with Crippen molar-refractivity contribution in [3.63, 3.8) is 0 Å². The summed E-state index contributed by atoms with van der Waals surface area (Å²) >= 11 is 0. The zero-order chi connectivity index (χ0) is 19.0. The average Bonchev–Trinajstić information content (AvgIpc) is 3.24. The van der Waals surface area contributed by atoms with Crippen LogP contribution in [0.5, 0.6) is 0 Å². The van der Waals surface area contributed by atoms with Gasteiger partial charge in [-0.15, -0.1) is 0 Å². The highest BCUT2D eigenvalue weighted by molar-refractivity contribution is 5.84. The highest BCUT2D eigenvalue weighted by atomic mass is 16.6. The number of ether oxygens (including phenoxy) is 3. The van der Waals surface area contributed by atoms with Crippen LogP contribution in [0.15, 0.2) is 30.3 Å². The third-order valence-corrected chi connectivity index (χ3v) is 6.07. The summed E-state index contributed by atoms with van der Waals surface area (Å²) in [5.74, 6) is -2.37.